The van der Waals surface area contributed by atoms with E-state index in [2.05, 4.69) is 5.32 Å². The molecule has 0 aliphatic heterocycles. The Balaban J connectivity index is 1.99. The summed E-state index contributed by atoms with van der Waals surface area (Å²) in [6, 6.07) is 7.46. The van der Waals surface area contributed by atoms with Crippen molar-refractivity contribution in [2.45, 2.75) is 43.5 Å². The van der Waals surface area contributed by atoms with Gasteiger partial charge in [-0.1, -0.05) is 46.9 Å². The fraction of sp³-hybridized carbons (Fsp3) is 0.350. The molecule has 2 aromatic rings. The van der Waals surface area contributed by atoms with Gasteiger partial charge < -0.3 is 10.4 Å². The Morgan fingerprint density at radius 3 is 2.36 bits per heavy atom. The zero-order chi connectivity index (χ0) is 20.5. The topological polar surface area (TPSA) is 49.3 Å². The fourth-order valence-electron chi connectivity index (χ4n) is 3.52. The van der Waals surface area contributed by atoms with Crippen molar-refractivity contribution < 1.29 is 18.7 Å². The molecule has 2 aromatic carbocycles. The second kappa shape index (κ2) is 8.54. The highest BCUT2D eigenvalue weighted by atomic mass is 35.5. The maximum Gasteiger partial charge on any atom is 0.251 e. The van der Waals surface area contributed by atoms with Crippen molar-refractivity contribution in [2.24, 2.45) is 0 Å². The van der Waals surface area contributed by atoms with E-state index < -0.39 is 29.5 Å². The van der Waals surface area contributed by atoms with Gasteiger partial charge in [0.2, 0.25) is 0 Å². The Morgan fingerprint density at radius 2 is 1.75 bits per heavy atom. The van der Waals surface area contributed by atoms with Gasteiger partial charge in [0.25, 0.3) is 5.91 Å². The highest BCUT2D eigenvalue weighted by Crippen LogP contribution is 2.42. The van der Waals surface area contributed by atoms with Crippen LogP contribution in [0.15, 0.2) is 36.4 Å². The van der Waals surface area contributed by atoms with Crippen molar-refractivity contribution in [3.8, 4) is 0 Å². The Labute approximate surface area is 176 Å². The third-order valence-electron chi connectivity index (χ3n) is 5.01. The first-order valence-electron chi connectivity index (χ1n) is 8.77. The van der Waals surface area contributed by atoms with Gasteiger partial charge in [-0.05, 0) is 55.5 Å². The minimum Gasteiger partial charge on any atom is -0.387 e. The summed E-state index contributed by atoms with van der Waals surface area (Å²) in [6.45, 7) is 0. The number of carbonyl (C=O) groups is 1. The molecule has 3 nitrogen and oxygen atoms in total. The zero-order valence-electron chi connectivity index (χ0n) is 14.7. The van der Waals surface area contributed by atoms with Crippen LogP contribution in [0.4, 0.5) is 8.78 Å². The predicted octanol–water partition coefficient (Wildman–Crippen LogP) is 5.90. The smallest absolute Gasteiger partial charge is 0.251 e. The number of hydrogen-bond acceptors (Lipinski definition) is 2. The SMILES string of the molecule is O=C(NC(c1cccc(F)c1Cl)[C@]1(O)CC[C@@H](F)CC1)c1cc(Cl)cc(Cl)c1. The summed E-state index contributed by atoms with van der Waals surface area (Å²) in [4.78, 5) is 12.8. The van der Waals surface area contributed by atoms with E-state index in [4.69, 9.17) is 34.8 Å². The van der Waals surface area contributed by atoms with Crippen LogP contribution in [0, 0.1) is 5.82 Å². The van der Waals surface area contributed by atoms with Gasteiger partial charge in [0.1, 0.15) is 12.0 Å². The lowest BCUT2D eigenvalue weighted by molar-refractivity contribution is -0.0445. The van der Waals surface area contributed by atoms with Crippen LogP contribution in [0.5, 0.6) is 0 Å². The largest absolute Gasteiger partial charge is 0.387 e. The van der Waals surface area contributed by atoms with Crippen LogP contribution in [0.25, 0.3) is 0 Å². The van der Waals surface area contributed by atoms with Crippen LogP contribution in [0.3, 0.4) is 0 Å². The van der Waals surface area contributed by atoms with Gasteiger partial charge in [-0.2, -0.15) is 0 Å². The van der Waals surface area contributed by atoms with E-state index in [1.54, 1.807) is 0 Å². The molecule has 0 bridgehead atoms. The number of amides is 1. The van der Waals surface area contributed by atoms with E-state index >= 15 is 0 Å². The standard InChI is InChI=1S/C20H18Cl3F2NO2/c21-12-8-11(9-13(22)10-12)19(27)26-18(15-2-1-3-16(25)17(15)23)20(28)6-4-14(24)5-7-20/h1-3,8-10,14,18,28H,4-7H2,(H,26,27)/t14-,18?,20+. The molecule has 28 heavy (non-hydrogen) atoms. The minimum atomic E-state index is -1.47. The van der Waals surface area contributed by atoms with Crippen LogP contribution in [0.2, 0.25) is 15.1 Å². The molecule has 0 heterocycles. The maximum atomic E-state index is 14.0. The molecule has 0 aromatic heterocycles. The second-order valence-electron chi connectivity index (χ2n) is 6.99. The molecule has 1 amide bonds. The Hall–Kier alpha value is -1.40. The lowest BCUT2D eigenvalue weighted by atomic mass is 9.76. The van der Waals surface area contributed by atoms with Crippen molar-refractivity contribution in [1.82, 2.24) is 5.32 Å². The average Bonchev–Trinajstić information content (AvgIpc) is 2.64. The molecule has 150 valence electrons. The molecular formula is C20H18Cl3F2NO2. The van der Waals surface area contributed by atoms with Gasteiger partial charge in [0, 0.05) is 15.6 Å². The molecule has 8 heteroatoms. The first-order valence-corrected chi connectivity index (χ1v) is 9.90. The molecule has 1 fully saturated rings. The highest BCUT2D eigenvalue weighted by molar-refractivity contribution is 6.35. The molecule has 0 radical (unpaired) electrons. The predicted molar refractivity (Wildman–Crippen MR) is 106 cm³/mol. The van der Waals surface area contributed by atoms with Gasteiger partial charge in [-0.3, -0.25) is 4.79 Å². The quantitative estimate of drug-likeness (QED) is 0.612. The summed E-state index contributed by atoms with van der Waals surface area (Å²) in [5.41, 5.74) is -1.07. The molecular weight excluding hydrogens is 431 g/mol. The van der Waals surface area contributed by atoms with Crippen molar-refractivity contribution in [2.75, 3.05) is 0 Å². The Morgan fingerprint density at radius 1 is 1.14 bits per heavy atom. The normalized spacial score (nSPS) is 23.3. The van der Waals surface area contributed by atoms with Crippen LogP contribution in [-0.4, -0.2) is 22.8 Å². The number of aliphatic hydroxyl groups is 1. The molecule has 1 aliphatic rings. The van der Waals surface area contributed by atoms with E-state index in [9.17, 15) is 18.7 Å². The van der Waals surface area contributed by atoms with E-state index in [1.165, 1.54) is 36.4 Å². The van der Waals surface area contributed by atoms with E-state index in [1.807, 2.05) is 0 Å². The van der Waals surface area contributed by atoms with Crippen LogP contribution in [0.1, 0.15) is 47.6 Å². The molecule has 2 N–H and O–H groups in total. The summed E-state index contributed by atoms with van der Waals surface area (Å²) in [7, 11) is 0. The third kappa shape index (κ3) is 4.60. The molecule has 1 unspecified atom stereocenters. The maximum absolute atomic E-state index is 14.0. The van der Waals surface area contributed by atoms with E-state index in [0.29, 0.717) is 0 Å². The minimum absolute atomic E-state index is 0.0995. The Bertz CT molecular complexity index is 865. The molecule has 1 aliphatic carbocycles. The fourth-order valence-corrected chi connectivity index (χ4v) is 4.28. The van der Waals surface area contributed by atoms with Crippen LogP contribution < -0.4 is 5.32 Å². The average molecular weight is 449 g/mol. The summed E-state index contributed by atoms with van der Waals surface area (Å²) >= 11 is 18.0. The van der Waals surface area contributed by atoms with Crippen LogP contribution >= 0.6 is 34.8 Å². The number of hydrogen-bond donors (Lipinski definition) is 2. The van der Waals surface area contributed by atoms with E-state index in [-0.39, 0.29) is 51.9 Å². The monoisotopic (exact) mass is 447 g/mol. The summed E-state index contributed by atoms with van der Waals surface area (Å²) in [6.07, 6.45) is -0.548. The first-order chi connectivity index (χ1) is 13.2. The number of carbonyl (C=O) groups excluding carboxylic acids is 1. The van der Waals surface area contributed by atoms with Crippen molar-refractivity contribution in [3.05, 3.63) is 68.4 Å². The van der Waals surface area contributed by atoms with Gasteiger partial charge in [0.05, 0.1) is 16.7 Å². The molecule has 0 spiro atoms. The molecule has 1 atom stereocenters. The molecule has 3 rings (SSSR count). The first kappa shape index (κ1) is 21.3. The van der Waals surface area contributed by atoms with Crippen LogP contribution in [-0.2, 0) is 0 Å². The number of benzene rings is 2. The van der Waals surface area contributed by atoms with Crippen molar-refractivity contribution in [1.29, 1.82) is 0 Å². The number of nitrogens with one attached hydrogen (secondary N) is 1. The number of halogens is 5. The van der Waals surface area contributed by atoms with E-state index in [0.717, 1.165) is 0 Å². The Kier molecular flexibility index (Phi) is 6.50. The van der Waals surface area contributed by atoms with Crippen molar-refractivity contribution >= 4 is 40.7 Å². The highest BCUT2D eigenvalue weighted by Gasteiger charge is 2.43. The van der Waals surface area contributed by atoms with Gasteiger partial charge in [0.15, 0.2) is 0 Å². The number of rotatable bonds is 4. The zero-order valence-corrected chi connectivity index (χ0v) is 17.0. The number of alkyl halides is 1. The second-order valence-corrected chi connectivity index (χ2v) is 8.24. The van der Waals surface area contributed by atoms with Gasteiger partial charge >= 0.3 is 0 Å². The summed E-state index contributed by atoms with van der Waals surface area (Å²) in [5, 5.41) is 14.3. The molecule has 0 saturated heterocycles. The molecule has 1 saturated carbocycles. The third-order valence-corrected chi connectivity index (χ3v) is 5.85. The van der Waals surface area contributed by atoms with Gasteiger partial charge in [-0.25, -0.2) is 8.78 Å². The van der Waals surface area contributed by atoms with Crippen molar-refractivity contribution in [3.63, 3.8) is 0 Å². The summed E-state index contributed by atoms with van der Waals surface area (Å²) < 4.78 is 27.7. The lowest BCUT2D eigenvalue weighted by Crippen LogP contribution is -2.48. The lowest BCUT2D eigenvalue weighted by Gasteiger charge is -2.41. The summed E-state index contributed by atoms with van der Waals surface area (Å²) in [5.74, 6) is -1.24. The van der Waals surface area contributed by atoms with Gasteiger partial charge in [-0.15, -0.1) is 0 Å².